The van der Waals surface area contributed by atoms with E-state index in [-0.39, 0.29) is 6.42 Å². The molecule has 0 atom stereocenters. The molecule has 25 heavy (non-hydrogen) atoms. The SMILES string of the molecule is COc1ccc(CCCC(=O)C(=O)Nc2ccc(Cl)cc2)cc1OC. The van der Waals surface area contributed by atoms with Gasteiger partial charge in [0.2, 0.25) is 5.78 Å². The van der Waals surface area contributed by atoms with Gasteiger partial charge in [-0.2, -0.15) is 0 Å². The lowest BCUT2D eigenvalue weighted by Crippen LogP contribution is -2.22. The number of halogens is 1. The van der Waals surface area contributed by atoms with Crippen LogP contribution in [0.3, 0.4) is 0 Å². The maximum atomic E-state index is 11.9. The largest absolute Gasteiger partial charge is 0.493 e. The van der Waals surface area contributed by atoms with Crippen molar-refractivity contribution >= 4 is 29.0 Å². The zero-order valence-corrected chi connectivity index (χ0v) is 14.9. The summed E-state index contributed by atoms with van der Waals surface area (Å²) in [6.07, 6.45) is 1.41. The van der Waals surface area contributed by atoms with E-state index in [0.29, 0.717) is 35.1 Å². The molecule has 0 saturated carbocycles. The highest BCUT2D eigenvalue weighted by molar-refractivity contribution is 6.40. The number of anilines is 1. The molecule has 2 aromatic carbocycles. The van der Waals surface area contributed by atoms with Gasteiger partial charge in [0.05, 0.1) is 14.2 Å². The fourth-order valence-electron chi connectivity index (χ4n) is 2.34. The third kappa shape index (κ3) is 5.50. The number of ether oxygens (including phenoxy) is 2. The minimum absolute atomic E-state index is 0.174. The second-order valence-electron chi connectivity index (χ2n) is 5.43. The molecule has 2 rings (SSSR count). The van der Waals surface area contributed by atoms with Gasteiger partial charge in [-0.3, -0.25) is 9.59 Å². The topological polar surface area (TPSA) is 64.6 Å². The zero-order chi connectivity index (χ0) is 18.2. The minimum Gasteiger partial charge on any atom is -0.493 e. The first-order chi connectivity index (χ1) is 12.0. The average molecular weight is 362 g/mol. The average Bonchev–Trinajstić information content (AvgIpc) is 2.63. The maximum absolute atomic E-state index is 11.9. The van der Waals surface area contributed by atoms with Crippen LogP contribution < -0.4 is 14.8 Å². The van der Waals surface area contributed by atoms with Gasteiger partial charge in [-0.25, -0.2) is 0 Å². The third-order valence-electron chi connectivity index (χ3n) is 3.67. The van der Waals surface area contributed by atoms with Gasteiger partial charge in [0.15, 0.2) is 11.5 Å². The fourth-order valence-corrected chi connectivity index (χ4v) is 2.46. The van der Waals surface area contributed by atoms with Crippen LogP contribution in [0.15, 0.2) is 42.5 Å². The summed E-state index contributed by atoms with van der Waals surface area (Å²) in [5, 5.41) is 3.14. The molecule has 0 saturated heterocycles. The summed E-state index contributed by atoms with van der Waals surface area (Å²) in [6.45, 7) is 0. The highest BCUT2D eigenvalue weighted by Crippen LogP contribution is 2.28. The molecule has 0 radical (unpaired) electrons. The number of ketones is 1. The molecule has 0 heterocycles. The predicted molar refractivity (Wildman–Crippen MR) is 97.6 cm³/mol. The molecule has 1 N–H and O–H groups in total. The zero-order valence-electron chi connectivity index (χ0n) is 14.2. The molecule has 0 aliphatic rings. The Hall–Kier alpha value is -2.53. The molecular formula is C19H20ClNO4. The Balaban J connectivity index is 1.83. The van der Waals surface area contributed by atoms with Gasteiger partial charge in [-0.15, -0.1) is 0 Å². The van der Waals surface area contributed by atoms with Crippen molar-refractivity contribution in [3.8, 4) is 11.5 Å². The van der Waals surface area contributed by atoms with E-state index in [2.05, 4.69) is 5.32 Å². The summed E-state index contributed by atoms with van der Waals surface area (Å²) in [7, 11) is 3.15. The summed E-state index contributed by atoms with van der Waals surface area (Å²) in [6, 6.07) is 12.2. The van der Waals surface area contributed by atoms with Gasteiger partial charge < -0.3 is 14.8 Å². The molecule has 0 aromatic heterocycles. The number of rotatable bonds is 8. The van der Waals surface area contributed by atoms with Crippen molar-refractivity contribution in [3.05, 3.63) is 53.1 Å². The number of benzene rings is 2. The minimum atomic E-state index is -0.616. The Morgan fingerprint density at radius 2 is 1.68 bits per heavy atom. The van der Waals surface area contributed by atoms with Gasteiger partial charge in [-0.1, -0.05) is 17.7 Å². The number of hydrogen-bond acceptors (Lipinski definition) is 4. The highest BCUT2D eigenvalue weighted by Gasteiger charge is 2.14. The molecule has 0 spiro atoms. The molecule has 132 valence electrons. The lowest BCUT2D eigenvalue weighted by Gasteiger charge is -2.09. The Morgan fingerprint density at radius 1 is 1.00 bits per heavy atom. The predicted octanol–water partition coefficient (Wildman–Crippen LogP) is 3.89. The first-order valence-corrected chi connectivity index (χ1v) is 8.22. The smallest absolute Gasteiger partial charge is 0.291 e. The van der Waals surface area contributed by atoms with E-state index >= 15 is 0 Å². The molecule has 0 aliphatic carbocycles. The van der Waals surface area contributed by atoms with Crippen molar-refractivity contribution in [2.75, 3.05) is 19.5 Å². The quantitative estimate of drug-likeness (QED) is 0.724. The molecular weight excluding hydrogens is 342 g/mol. The molecule has 0 fully saturated rings. The second-order valence-corrected chi connectivity index (χ2v) is 5.86. The number of carbonyl (C=O) groups is 2. The molecule has 0 unspecified atom stereocenters. The van der Waals surface area contributed by atoms with E-state index in [1.165, 1.54) is 0 Å². The van der Waals surface area contributed by atoms with Gasteiger partial charge in [0, 0.05) is 17.1 Å². The number of methoxy groups -OCH3 is 2. The van der Waals surface area contributed by atoms with Crippen LogP contribution in [0.5, 0.6) is 11.5 Å². The van der Waals surface area contributed by atoms with Crippen molar-refractivity contribution in [2.45, 2.75) is 19.3 Å². The van der Waals surface area contributed by atoms with Crippen LogP contribution in [0, 0.1) is 0 Å². The van der Waals surface area contributed by atoms with E-state index in [1.54, 1.807) is 38.5 Å². The van der Waals surface area contributed by atoms with E-state index in [4.69, 9.17) is 21.1 Å². The summed E-state index contributed by atoms with van der Waals surface area (Å²) < 4.78 is 10.4. The Labute approximate surface area is 151 Å². The molecule has 6 heteroatoms. The molecule has 5 nitrogen and oxygen atoms in total. The van der Waals surface area contributed by atoms with Gasteiger partial charge in [0.25, 0.3) is 5.91 Å². The van der Waals surface area contributed by atoms with Gasteiger partial charge in [-0.05, 0) is 54.8 Å². The van der Waals surface area contributed by atoms with Crippen molar-refractivity contribution in [1.82, 2.24) is 0 Å². The molecule has 1 amide bonds. The van der Waals surface area contributed by atoms with Crippen molar-refractivity contribution < 1.29 is 19.1 Å². The first-order valence-electron chi connectivity index (χ1n) is 7.84. The third-order valence-corrected chi connectivity index (χ3v) is 3.92. The number of aryl methyl sites for hydroxylation is 1. The maximum Gasteiger partial charge on any atom is 0.291 e. The first kappa shape index (κ1) is 18.8. The number of carbonyl (C=O) groups excluding carboxylic acids is 2. The Bertz CT molecular complexity index is 744. The summed E-state index contributed by atoms with van der Waals surface area (Å²) in [5.41, 5.74) is 1.56. The molecule has 2 aromatic rings. The van der Waals surface area contributed by atoms with Crippen LogP contribution in [-0.4, -0.2) is 25.9 Å². The number of Topliss-reactive ketones (excluding diaryl/α,β-unsaturated/α-hetero) is 1. The number of nitrogens with one attached hydrogen (secondary N) is 1. The molecule has 0 bridgehead atoms. The lowest BCUT2D eigenvalue weighted by molar-refractivity contribution is -0.134. The van der Waals surface area contributed by atoms with E-state index < -0.39 is 11.7 Å². The van der Waals surface area contributed by atoms with E-state index in [0.717, 1.165) is 5.56 Å². The van der Waals surface area contributed by atoms with Gasteiger partial charge in [0.1, 0.15) is 0 Å². The van der Waals surface area contributed by atoms with Crippen LogP contribution in [-0.2, 0) is 16.0 Å². The lowest BCUT2D eigenvalue weighted by atomic mass is 10.1. The van der Waals surface area contributed by atoms with Crippen molar-refractivity contribution in [1.29, 1.82) is 0 Å². The van der Waals surface area contributed by atoms with Crippen LogP contribution >= 0.6 is 11.6 Å². The van der Waals surface area contributed by atoms with Crippen LogP contribution in [0.4, 0.5) is 5.69 Å². The van der Waals surface area contributed by atoms with Crippen molar-refractivity contribution in [2.24, 2.45) is 0 Å². The second kappa shape index (κ2) is 9.08. The Kier molecular flexibility index (Phi) is 6.83. The van der Waals surface area contributed by atoms with Gasteiger partial charge >= 0.3 is 0 Å². The summed E-state index contributed by atoms with van der Waals surface area (Å²) in [5.74, 6) is 0.238. The summed E-state index contributed by atoms with van der Waals surface area (Å²) in [4.78, 5) is 23.8. The monoisotopic (exact) mass is 361 g/mol. The van der Waals surface area contributed by atoms with Crippen LogP contribution in [0.1, 0.15) is 18.4 Å². The fraction of sp³-hybridized carbons (Fsp3) is 0.263. The summed E-state index contributed by atoms with van der Waals surface area (Å²) >= 11 is 5.78. The normalized spacial score (nSPS) is 10.2. The Morgan fingerprint density at radius 3 is 2.32 bits per heavy atom. The van der Waals surface area contributed by atoms with E-state index in [9.17, 15) is 9.59 Å². The standard InChI is InChI=1S/C19H20ClNO4/c1-24-17-11-6-13(12-18(17)25-2)4-3-5-16(22)19(23)21-15-9-7-14(20)8-10-15/h6-12H,3-5H2,1-2H3,(H,21,23). The van der Waals surface area contributed by atoms with E-state index in [1.807, 2.05) is 18.2 Å². The number of hydrogen-bond donors (Lipinski definition) is 1. The highest BCUT2D eigenvalue weighted by atomic mass is 35.5. The van der Waals surface area contributed by atoms with Crippen molar-refractivity contribution in [3.63, 3.8) is 0 Å². The molecule has 0 aliphatic heterocycles. The van der Waals surface area contributed by atoms with Crippen LogP contribution in [0.25, 0.3) is 0 Å². The van der Waals surface area contributed by atoms with Crippen LogP contribution in [0.2, 0.25) is 5.02 Å². The number of amides is 1.